The van der Waals surface area contributed by atoms with Crippen LogP contribution in [0.1, 0.15) is 25.7 Å². The van der Waals surface area contributed by atoms with Gasteiger partial charge in [-0.3, -0.25) is 0 Å². The highest BCUT2D eigenvalue weighted by Gasteiger charge is 2.21. The van der Waals surface area contributed by atoms with Crippen LogP contribution in [0.4, 0.5) is 0 Å². The quantitative estimate of drug-likeness (QED) is 0.894. The van der Waals surface area contributed by atoms with Crippen LogP contribution in [0.5, 0.6) is 5.75 Å². The second kappa shape index (κ2) is 5.84. The molecule has 2 rings (SSSR count). The van der Waals surface area contributed by atoms with Gasteiger partial charge in [0.2, 0.25) is 11.7 Å². The fourth-order valence-electron chi connectivity index (χ4n) is 1.92. The Balaban J connectivity index is 2.29. The highest BCUT2D eigenvalue weighted by atomic mass is 16.5. The first-order valence-electron chi connectivity index (χ1n) is 6.33. The number of hydrogen-bond donors (Lipinski definition) is 1. The van der Waals surface area contributed by atoms with E-state index >= 15 is 0 Å². The van der Waals surface area contributed by atoms with Crippen molar-refractivity contribution in [2.24, 2.45) is 11.7 Å². The van der Waals surface area contributed by atoms with Gasteiger partial charge in [0, 0.05) is 12.1 Å². The molecule has 102 valence electrons. The topological polar surface area (TPSA) is 74.2 Å². The van der Waals surface area contributed by atoms with Crippen molar-refractivity contribution in [2.45, 2.75) is 19.8 Å². The molecule has 0 aliphatic carbocycles. The molecule has 5 heteroatoms. The molecule has 1 aromatic carbocycles. The van der Waals surface area contributed by atoms with Gasteiger partial charge in [0.05, 0.1) is 13.0 Å². The summed E-state index contributed by atoms with van der Waals surface area (Å²) in [4.78, 5) is 4.43. The number of benzene rings is 1. The fraction of sp³-hybridized carbons (Fsp3) is 0.429. The minimum Gasteiger partial charge on any atom is -0.497 e. The average molecular weight is 261 g/mol. The van der Waals surface area contributed by atoms with E-state index in [0.29, 0.717) is 24.2 Å². The third-order valence-corrected chi connectivity index (χ3v) is 3.15. The molecule has 0 amide bonds. The Bertz CT molecular complexity index is 537. The number of nitrogens with two attached hydrogens (primary N) is 1. The third kappa shape index (κ3) is 2.93. The molecule has 0 radical (unpaired) electrons. The van der Waals surface area contributed by atoms with Crippen LogP contribution in [0.3, 0.4) is 0 Å². The van der Waals surface area contributed by atoms with Gasteiger partial charge < -0.3 is 15.0 Å². The maximum Gasteiger partial charge on any atom is 0.231 e. The Kier molecular flexibility index (Phi) is 4.16. The maximum absolute atomic E-state index is 5.75. The SMILES string of the molecule is COc1cccc(-c2noc(C(CN)C(C)C)n2)c1. The third-order valence-electron chi connectivity index (χ3n) is 3.15. The standard InChI is InChI=1S/C14H19N3O2/c1-9(2)12(8-15)14-16-13(17-19-14)10-5-4-6-11(7-10)18-3/h4-7,9,12H,8,15H2,1-3H3. The molecule has 2 N–H and O–H groups in total. The van der Waals surface area contributed by atoms with Crippen molar-refractivity contribution in [1.82, 2.24) is 10.1 Å². The van der Waals surface area contributed by atoms with Gasteiger partial charge in [-0.25, -0.2) is 0 Å². The molecule has 0 bridgehead atoms. The minimum absolute atomic E-state index is 0.0897. The van der Waals surface area contributed by atoms with Gasteiger partial charge in [0.1, 0.15) is 5.75 Å². The Morgan fingerprint density at radius 2 is 2.16 bits per heavy atom. The lowest BCUT2D eigenvalue weighted by molar-refractivity contribution is 0.324. The summed E-state index contributed by atoms with van der Waals surface area (Å²) in [6.07, 6.45) is 0. The highest BCUT2D eigenvalue weighted by molar-refractivity contribution is 5.56. The molecular weight excluding hydrogens is 242 g/mol. The van der Waals surface area contributed by atoms with Crippen molar-refractivity contribution in [1.29, 1.82) is 0 Å². The largest absolute Gasteiger partial charge is 0.497 e. The average Bonchev–Trinajstić information content (AvgIpc) is 2.89. The number of nitrogens with zero attached hydrogens (tertiary/aromatic N) is 2. The van der Waals surface area contributed by atoms with Crippen LogP contribution in [0.15, 0.2) is 28.8 Å². The van der Waals surface area contributed by atoms with Crippen molar-refractivity contribution in [3.05, 3.63) is 30.2 Å². The van der Waals surface area contributed by atoms with Crippen LogP contribution in [0, 0.1) is 5.92 Å². The summed E-state index contributed by atoms with van der Waals surface area (Å²) in [6.45, 7) is 4.68. The van der Waals surface area contributed by atoms with Crippen LogP contribution in [-0.4, -0.2) is 23.8 Å². The zero-order valence-electron chi connectivity index (χ0n) is 11.5. The van der Waals surface area contributed by atoms with Crippen LogP contribution < -0.4 is 10.5 Å². The van der Waals surface area contributed by atoms with Crippen molar-refractivity contribution >= 4 is 0 Å². The molecule has 2 aromatic rings. The minimum atomic E-state index is 0.0897. The molecule has 0 aliphatic rings. The molecule has 1 atom stereocenters. The molecule has 1 heterocycles. The number of rotatable bonds is 5. The van der Waals surface area contributed by atoms with Crippen molar-refractivity contribution in [2.75, 3.05) is 13.7 Å². The van der Waals surface area contributed by atoms with Crippen LogP contribution in [0.2, 0.25) is 0 Å². The van der Waals surface area contributed by atoms with Gasteiger partial charge in [0.15, 0.2) is 0 Å². The molecular formula is C14H19N3O2. The Labute approximate surface area is 112 Å². The van der Waals surface area contributed by atoms with Gasteiger partial charge in [-0.15, -0.1) is 0 Å². The molecule has 5 nitrogen and oxygen atoms in total. The van der Waals surface area contributed by atoms with Gasteiger partial charge in [0.25, 0.3) is 0 Å². The monoisotopic (exact) mass is 261 g/mol. The Morgan fingerprint density at radius 1 is 1.37 bits per heavy atom. The van der Waals surface area contributed by atoms with Crippen LogP contribution in [0.25, 0.3) is 11.4 Å². The van der Waals surface area contributed by atoms with Crippen LogP contribution >= 0.6 is 0 Å². The first kappa shape index (κ1) is 13.5. The zero-order chi connectivity index (χ0) is 13.8. The lowest BCUT2D eigenvalue weighted by atomic mass is 9.96. The lowest BCUT2D eigenvalue weighted by Crippen LogP contribution is -2.18. The van der Waals surface area contributed by atoms with Gasteiger partial charge in [-0.2, -0.15) is 4.98 Å². The molecule has 0 saturated carbocycles. The first-order valence-corrected chi connectivity index (χ1v) is 6.33. The molecule has 0 spiro atoms. The Morgan fingerprint density at radius 3 is 2.79 bits per heavy atom. The highest BCUT2D eigenvalue weighted by Crippen LogP contribution is 2.26. The second-order valence-electron chi connectivity index (χ2n) is 4.77. The molecule has 0 saturated heterocycles. The van der Waals surface area contributed by atoms with E-state index in [0.717, 1.165) is 11.3 Å². The smallest absolute Gasteiger partial charge is 0.231 e. The second-order valence-corrected chi connectivity index (χ2v) is 4.77. The van der Waals surface area contributed by atoms with Crippen molar-refractivity contribution in [3.8, 4) is 17.1 Å². The van der Waals surface area contributed by atoms with E-state index in [1.54, 1.807) is 7.11 Å². The van der Waals surface area contributed by atoms with E-state index in [2.05, 4.69) is 24.0 Å². The first-order chi connectivity index (χ1) is 9.15. The lowest BCUT2D eigenvalue weighted by Gasteiger charge is -2.13. The van der Waals surface area contributed by atoms with Gasteiger partial charge >= 0.3 is 0 Å². The van der Waals surface area contributed by atoms with E-state index in [9.17, 15) is 0 Å². The fourth-order valence-corrected chi connectivity index (χ4v) is 1.92. The predicted octanol–water partition coefficient (Wildman–Crippen LogP) is 2.44. The number of ether oxygens (including phenoxy) is 1. The van der Waals surface area contributed by atoms with E-state index in [-0.39, 0.29) is 5.92 Å². The number of hydrogen-bond acceptors (Lipinski definition) is 5. The molecule has 1 aromatic heterocycles. The Hall–Kier alpha value is -1.88. The van der Waals surface area contributed by atoms with Gasteiger partial charge in [-0.05, 0) is 18.1 Å². The van der Waals surface area contributed by atoms with E-state index in [1.165, 1.54) is 0 Å². The zero-order valence-corrected chi connectivity index (χ0v) is 11.5. The summed E-state index contributed by atoms with van der Waals surface area (Å²) >= 11 is 0. The maximum atomic E-state index is 5.75. The number of methoxy groups -OCH3 is 1. The summed E-state index contributed by atoms with van der Waals surface area (Å²) in [6, 6.07) is 7.57. The number of aromatic nitrogens is 2. The predicted molar refractivity (Wildman–Crippen MR) is 72.9 cm³/mol. The molecule has 19 heavy (non-hydrogen) atoms. The molecule has 1 unspecified atom stereocenters. The van der Waals surface area contributed by atoms with Crippen molar-refractivity contribution < 1.29 is 9.26 Å². The summed E-state index contributed by atoms with van der Waals surface area (Å²) in [5.74, 6) is 2.38. The van der Waals surface area contributed by atoms with E-state index < -0.39 is 0 Å². The summed E-state index contributed by atoms with van der Waals surface area (Å²) in [5, 5.41) is 4.02. The van der Waals surface area contributed by atoms with E-state index in [1.807, 2.05) is 24.3 Å². The summed E-state index contributed by atoms with van der Waals surface area (Å²) in [5.41, 5.74) is 6.62. The van der Waals surface area contributed by atoms with Crippen molar-refractivity contribution in [3.63, 3.8) is 0 Å². The molecule has 0 aliphatic heterocycles. The normalized spacial score (nSPS) is 12.7. The van der Waals surface area contributed by atoms with Crippen LogP contribution in [-0.2, 0) is 0 Å². The summed E-state index contributed by atoms with van der Waals surface area (Å²) < 4.78 is 10.5. The summed E-state index contributed by atoms with van der Waals surface area (Å²) in [7, 11) is 1.63. The molecule has 0 fully saturated rings. The van der Waals surface area contributed by atoms with Gasteiger partial charge in [-0.1, -0.05) is 31.1 Å². The van der Waals surface area contributed by atoms with E-state index in [4.69, 9.17) is 15.0 Å².